The van der Waals surface area contributed by atoms with Crippen molar-refractivity contribution in [3.05, 3.63) is 117 Å². The van der Waals surface area contributed by atoms with Gasteiger partial charge in [-0.1, -0.05) is 247 Å². The molecular formula is C84H128F8O4. The van der Waals surface area contributed by atoms with Gasteiger partial charge in [0.1, 0.15) is 0 Å². The van der Waals surface area contributed by atoms with Crippen LogP contribution in [0.4, 0.5) is 35.1 Å². The average molecular weight is 1350 g/mol. The van der Waals surface area contributed by atoms with Gasteiger partial charge in [0.05, 0.1) is 26.4 Å². The van der Waals surface area contributed by atoms with E-state index in [0.29, 0.717) is 98.0 Å². The Labute approximate surface area is 577 Å². The summed E-state index contributed by atoms with van der Waals surface area (Å²) < 4.78 is 135. The van der Waals surface area contributed by atoms with E-state index in [1.807, 2.05) is 13.8 Å². The summed E-state index contributed by atoms with van der Waals surface area (Å²) in [5, 5.41) is 0. The summed E-state index contributed by atoms with van der Waals surface area (Å²) >= 11 is 0. The molecule has 0 saturated heterocycles. The fraction of sp³-hybridized carbons (Fsp3) is 0.714. The normalized spacial score (nSPS) is 21.0. The van der Waals surface area contributed by atoms with Gasteiger partial charge < -0.3 is 18.9 Å². The van der Waals surface area contributed by atoms with Crippen molar-refractivity contribution in [2.24, 2.45) is 47.3 Å². The predicted octanol–water partition coefficient (Wildman–Crippen LogP) is 26.7. The molecule has 0 bridgehead atoms. The van der Waals surface area contributed by atoms with Gasteiger partial charge in [0.2, 0.25) is 23.3 Å². The number of rotatable bonds is 36. The van der Waals surface area contributed by atoms with Crippen LogP contribution in [0, 0.1) is 93.9 Å². The van der Waals surface area contributed by atoms with Gasteiger partial charge in [0, 0.05) is 0 Å². The molecule has 96 heavy (non-hydrogen) atoms. The van der Waals surface area contributed by atoms with Crippen LogP contribution in [-0.2, 0) is 25.7 Å². The van der Waals surface area contributed by atoms with E-state index in [4.69, 9.17) is 18.9 Å². The Balaban J connectivity index is 0.000000232. The highest BCUT2D eigenvalue weighted by atomic mass is 19.2. The molecule has 4 aliphatic carbocycles. The molecule has 4 nitrogen and oxygen atoms in total. The highest BCUT2D eigenvalue weighted by molar-refractivity contribution is 5.34. The van der Waals surface area contributed by atoms with Gasteiger partial charge in [-0.25, -0.2) is 17.6 Å². The first kappa shape index (κ1) is 82.2. The second-order valence-corrected chi connectivity index (χ2v) is 29.2. The molecule has 0 N–H and O–H groups in total. The molecule has 0 radical (unpaired) electrons. The zero-order chi connectivity index (χ0) is 69.5. The number of aryl methyl sites for hydroxylation is 4. The molecule has 4 aliphatic rings. The van der Waals surface area contributed by atoms with Crippen molar-refractivity contribution in [3.63, 3.8) is 0 Å². The molecule has 8 rings (SSSR count). The molecule has 0 amide bonds. The maximum Gasteiger partial charge on any atom is 0.200 e. The summed E-state index contributed by atoms with van der Waals surface area (Å²) in [5.41, 5.74) is 1.81. The standard InChI is InChI=1S/C23H36F2O.2C21H32F2O.C19H28F2O/c1-3-5-7-9-18-11-13-19(14-12-18)17-26-21-16-15-20(10-8-6-4-2)22(24)23(21)25;1-3-5-6-8-16-9-11-17(12-10-16)15-24-19-14-13-18(7-4-2)20(22)21(19)23;1-3-5-6-8-18-13-14-19(21(23)20(18)22)24-15-17-11-9-16(7-4-2)10-12-17;1-3-5-14-7-9-15(10-8-14)13-22-17-12-11-16(6-4-2)18(20)19(17)21/h15-16,18-19H,3-14,17H2,1-2H3;2*13-14,16-17H,3-12,15H2,1-2H3;11-12,14-15H,3-10,13H2,1-2H3. The first-order chi connectivity index (χ1) is 46.6. The number of benzene rings is 4. The Morgan fingerprint density at radius 1 is 0.229 bits per heavy atom. The molecule has 544 valence electrons. The fourth-order valence-electron chi connectivity index (χ4n) is 14.9. The third-order valence-corrected chi connectivity index (χ3v) is 21.2. The van der Waals surface area contributed by atoms with Gasteiger partial charge >= 0.3 is 0 Å². The lowest BCUT2D eigenvalue weighted by Gasteiger charge is -2.28. The van der Waals surface area contributed by atoms with Crippen LogP contribution in [0.5, 0.6) is 23.0 Å². The quantitative estimate of drug-likeness (QED) is 0.0336. The topological polar surface area (TPSA) is 36.9 Å². The molecule has 0 unspecified atom stereocenters. The minimum absolute atomic E-state index is 0.0630. The van der Waals surface area contributed by atoms with E-state index >= 15 is 0 Å². The number of halogens is 8. The molecule has 0 aliphatic heterocycles. The summed E-state index contributed by atoms with van der Waals surface area (Å²) in [4.78, 5) is 0. The van der Waals surface area contributed by atoms with Crippen LogP contribution in [-0.4, -0.2) is 26.4 Å². The molecule has 0 spiro atoms. The monoisotopic (exact) mass is 1350 g/mol. The van der Waals surface area contributed by atoms with Gasteiger partial charge in [0.15, 0.2) is 46.3 Å². The number of hydrogen-bond acceptors (Lipinski definition) is 4. The second-order valence-electron chi connectivity index (χ2n) is 29.2. The fourth-order valence-corrected chi connectivity index (χ4v) is 14.9. The third kappa shape index (κ3) is 29.0. The van der Waals surface area contributed by atoms with Gasteiger partial charge in [-0.15, -0.1) is 0 Å². The van der Waals surface area contributed by atoms with Crippen molar-refractivity contribution in [2.75, 3.05) is 26.4 Å². The van der Waals surface area contributed by atoms with Crippen LogP contribution < -0.4 is 18.9 Å². The smallest absolute Gasteiger partial charge is 0.200 e. The Morgan fingerprint density at radius 2 is 0.448 bits per heavy atom. The zero-order valence-corrected chi connectivity index (χ0v) is 61.0. The lowest BCUT2D eigenvalue weighted by Crippen LogP contribution is -2.20. The highest BCUT2D eigenvalue weighted by Crippen LogP contribution is 2.38. The summed E-state index contributed by atoms with van der Waals surface area (Å²) in [6, 6.07) is 13.0. The SMILES string of the molecule is CCCCCC1CCC(COc2ccc(CCC)c(F)c2F)CC1.CCCCCc1ccc(OCC2CCC(CCC)CC2)c(F)c1F.CCCCCc1ccc(OCC2CCC(CCCCC)CC2)c(F)c1F.CCCc1ccc(OCC2CCC(CCC)CC2)c(F)c1F. The van der Waals surface area contributed by atoms with Crippen molar-refractivity contribution in [1.29, 1.82) is 0 Å². The van der Waals surface area contributed by atoms with E-state index in [1.54, 1.807) is 48.5 Å². The van der Waals surface area contributed by atoms with Crippen LogP contribution in [0.25, 0.3) is 0 Å². The minimum atomic E-state index is -0.828. The van der Waals surface area contributed by atoms with Gasteiger partial charge in [-0.3, -0.25) is 0 Å². The predicted molar refractivity (Wildman–Crippen MR) is 382 cm³/mol. The van der Waals surface area contributed by atoms with E-state index in [-0.39, 0.29) is 23.0 Å². The maximum atomic E-state index is 14.3. The number of unbranched alkanes of at least 4 members (excludes halogenated alkanes) is 8. The van der Waals surface area contributed by atoms with E-state index in [0.717, 1.165) is 126 Å². The van der Waals surface area contributed by atoms with E-state index in [1.165, 1.54) is 128 Å². The molecule has 0 atom stereocenters. The van der Waals surface area contributed by atoms with Crippen molar-refractivity contribution in [1.82, 2.24) is 0 Å². The Kier molecular flexibility index (Phi) is 40.7. The molecule has 4 aromatic carbocycles. The lowest BCUT2D eigenvalue weighted by molar-refractivity contribution is 0.172. The lowest BCUT2D eigenvalue weighted by atomic mass is 9.80. The van der Waals surface area contributed by atoms with Crippen molar-refractivity contribution >= 4 is 0 Å². The molecule has 4 saturated carbocycles. The number of ether oxygens (including phenoxy) is 4. The Morgan fingerprint density at radius 3 is 0.677 bits per heavy atom. The minimum Gasteiger partial charge on any atom is -0.490 e. The highest BCUT2D eigenvalue weighted by Gasteiger charge is 2.27. The van der Waals surface area contributed by atoms with Crippen LogP contribution in [0.15, 0.2) is 48.5 Å². The molecule has 12 heteroatoms. The first-order valence-electron chi connectivity index (χ1n) is 39.0. The molecule has 4 fully saturated rings. The summed E-state index contributed by atoms with van der Waals surface area (Å²) in [6.45, 7) is 19.1. The summed E-state index contributed by atoms with van der Waals surface area (Å²) in [6.07, 6.45) is 44.8. The van der Waals surface area contributed by atoms with Gasteiger partial charge in [-0.05, 0) is 184 Å². The third-order valence-electron chi connectivity index (χ3n) is 21.2. The summed E-state index contributed by atoms with van der Waals surface area (Å²) in [7, 11) is 0. The van der Waals surface area contributed by atoms with E-state index < -0.39 is 46.5 Å². The number of hydrogen-bond donors (Lipinski definition) is 0. The van der Waals surface area contributed by atoms with E-state index in [9.17, 15) is 35.1 Å². The maximum absolute atomic E-state index is 14.3. The second kappa shape index (κ2) is 47.5. The van der Waals surface area contributed by atoms with Crippen molar-refractivity contribution in [2.45, 2.75) is 312 Å². The first-order valence-corrected chi connectivity index (χ1v) is 39.0. The largest absolute Gasteiger partial charge is 0.490 e. The van der Waals surface area contributed by atoms with Crippen LogP contribution in [0.1, 0.15) is 309 Å². The molecule has 0 heterocycles. The van der Waals surface area contributed by atoms with Crippen molar-refractivity contribution < 1.29 is 54.1 Å². The van der Waals surface area contributed by atoms with Crippen LogP contribution in [0.2, 0.25) is 0 Å². The Hall–Kier alpha value is -4.48. The van der Waals surface area contributed by atoms with Crippen molar-refractivity contribution in [3.8, 4) is 23.0 Å². The molecule has 0 aromatic heterocycles. The van der Waals surface area contributed by atoms with Crippen LogP contribution in [0.3, 0.4) is 0 Å². The molecule has 4 aromatic rings. The van der Waals surface area contributed by atoms with E-state index in [2.05, 4.69) is 41.5 Å². The summed E-state index contributed by atoms with van der Waals surface area (Å²) in [5.74, 6) is -0.620. The molecular weight excluding hydrogens is 1220 g/mol. The van der Waals surface area contributed by atoms with Gasteiger partial charge in [0.25, 0.3) is 0 Å². The van der Waals surface area contributed by atoms with Gasteiger partial charge in [-0.2, -0.15) is 17.6 Å². The zero-order valence-electron chi connectivity index (χ0n) is 61.0. The van der Waals surface area contributed by atoms with Crippen LogP contribution >= 0.6 is 0 Å². The Bertz CT molecular complexity index is 2700. The average Bonchev–Trinajstić information content (AvgIpc) is 0.950.